The van der Waals surface area contributed by atoms with Crippen LogP contribution in [0.25, 0.3) is 0 Å². The van der Waals surface area contributed by atoms with Crippen LogP contribution in [0.2, 0.25) is 5.02 Å². The molecule has 14 heavy (non-hydrogen) atoms. The zero-order valence-electron chi connectivity index (χ0n) is 8.52. The highest BCUT2D eigenvalue weighted by Gasteiger charge is 2.00. The van der Waals surface area contributed by atoms with Gasteiger partial charge in [0, 0.05) is 9.50 Å². The van der Waals surface area contributed by atoms with Gasteiger partial charge >= 0.3 is 0 Å². The zero-order chi connectivity index (χ0) is 10.4. The Hall–Kier alpha value is -0.0100. The normalized spacial score (nSPS) is 10.5. The number of benzene rings is 1. The Morgan fingerprint density at radius 3 is 2.64 bits per heavy atom. The predicted octanol–water partition coefficient (Wildman–Crippen LogP) is 5.23. The van der Waals surface area contributed by atoms with Crippen LogP contribution in [0.3, 0.4) is 0 Å². The van der Waals surface area contributed by atoms with Crippen molar-refractivity contribution in [3.8, 4) is 0 Å². The summed E-state index contributed by atoms with van der Waals surface area (Å²) in [5, 5.41) is 0.885. The van der Waals surface area contributed by atoms with Crippen molar-refractivity contribution >= 4 is 27.5 Å². The molecule has 0 heterocycles. The lowest BCUT2D eigenvalue weighted by molar-refractivity contribution is 0.667. The first-order chi connectivity index (χ1) is 6.74. The van der Waals surface area contributed by atoms with Crippen LogP contribution < -0.4 is 0 Å². The average molecular weight is 276 g/mol. The highest BCUT2D eigenvalue weighted by Crippen LogP contribution is 2.22. The van der Waals surface area contributed by atoms with Crippen molar-refractivity contribution in [2.24, 2.45) is 0 Å². The zero-order valence-corrected chi connectivity index (χ0v) is 10.9. The molecule has 0 N–H and O–H groups in total. The molecule has 2 heteroatoms. The van der Waals surface area contributed by atoms with Gasteiger partial charge in [-0.25, -0.2) is 0 Å². The van der Waals surface area contributed by atoms with E-state index < -0.39 is 0 Å². The Morgan fingerprint density at radius 1 is 1.21 bits per heavy atom. The maximum Gasteiger partial charge on any atom is 0.0449 e. The van der Waals surface area contributed by atoms with Crippen molar-refractivity contribution in [3.05, 3.63) is 33.3 Å². The SMILES string of the molecule is CCCCCCc1ccc(Br)cc1Cl. The van der Waals surface area contributed by atoms with E-state index in [9.17, 15) is 0 Å². The van der Waals surface area contributed by atoms with E-state index in [4.69, 9.17) is 11.6 Å². The van der Waals surface area contributed by atoms with Crippen LogP contribution >= 0.6 is 27.5 Å². The third kappa shape index (κ3) is 4.02. The van der Waals surface area contributed by atoms with Crippen LogP contribution in [-0.2, 0) is 6.42 Å². The molecule has 78 valence electrons. The fourth-order valence-corrected chi connectivity index (χ4v) is 2.23. The molecule has 0 radical (unpaired) electrons. The van der Waals surface area contributed by atoms with E-state index in [-0.39, 0.29) is 0 Å². The molecule has 1 aromatic carbocycles. The van der Waals surface area contributed by atoms with Crippen LogP contribution in [0.4, 0.5) is 0 Å². The summed E-state index contributed by atoms with van der Waals surface area (Å²) in [7, 11) is 0. The lowest BCUT2D eigenvalue weighted by Crippen LogP contribution is -1.87. The molecule has 0 saturated carbocycles. The second kappa shape index (κ2) is 6.47. The molecule has 0 bridgehead atoms. The molecule has 0 aliphatic rings. The standard InChI is InChI=1S/C12H16BrCl/c1-2-3-4-5-6-10-7-8-11(13)9-12(10)14/h7-9H,2-6H2,1H3. The molecule has 0 amide bonds. The first kappa shape index (κ1) is 12.1. The van der Waals surface area contributed by atoms with E-state index in [0.717, 1.165) is 15.9 Å². The first-order valence-electron chi connectivity index (χ1n) is 5.18. The summed E-state index contributed by atoms with van der Waals surface area (Å²) >= 11 is 9.52. The number of rotatable bonds is 5. The molecule has 1 aromatic rings. The van der Waals surface area contributed by atoms with Gasteiger partial charge in [-0.1, -0.05) is 59.8 Å². The van der Waals surface area contributed by atoms with Gasteiger partial charge in [0.1, 0.15) is 0 Å². The molecule has 0 spiro atoms. The first-order valence-corrected chi connectivity index (χ1v) is 6.35. The minimum atomic E-state index is 0.885. The minimum absolute atomic E-state index is 0.885. The topological polar surface area (TPSA) is 0 Å². The van der Waals surface area contributed by atoms with Crippen molar-refractivity contribution in [1.29, 1.82) is 0 Å². The van der Waals surface area contributed by atoms with Gasteiger partial charge in [-0.15, -0.1) is 0 Å². The summed E-state index contributed by atoms with van der Waals surface area (Å²) in [6.07, 6.45) is 6.27. The molecule has 0 saturated heterocycles. The number of hydrogen-bond acceptors (Lipinski definition) is 0. The predicted molar refractivity (Wildman–Crippen MR) is 67.0 cm³/mol. The number of unbranched alkanes of at least 4 members (excludes halogenated alkanes) is 3. The van der Waals surface area contributed by atoms with Crippen molar-refractivity contribution in [3.63, 3.8) is 0 Å². The van der Waals surface area contributed by atoms with Gasteiger partial charge in [0.05, 0.1) is 0 Å². The summed E-state index contributed by atoms with van der Waals surface area (Å²) in [4.78, 5) is 0. The molecular formula is C12H16BrCl. The Morgan fingerprint density at radius 2 is 2.00 bits per heavy atom. The second-order valence-corrected chi connectivity index (χ2v) is 4.87. The van der Waals surface area contributed by atoms with Gasteiger partial charge in [-0.05, 0) is 30.5 Å². The Labute approximate surface area is 99.8 Å². The lowest BCUT2D eigenvalue weighted by Gasteiger charge is -2.04. The summed E-state index contributed by atoms with van der Waals surface area (Å²) in [6.45, 7) is 2.23. The van der Waals surface area contributed by atoms with E-state index >= 15 is 0 Å². The van der Waals surface area contributed by atoms with E-state index in [1.54, 1.807) is 0 Å². The fourth-order valence-electron chi connectivity index (χ4n) is 1.47. The van der Waals surface area contributed by atoms with Gasteiger partial charge in [0.25, 0.3) is 0 Å². The Balaban J connectivity index is 2.42. The average Bonchev–Trinajstić information content (AvgIpc) is 2.15. The Bertz CT molecular complexity index is 284. The van der Waals surface area contributed by atoms with Crippen LogP contribution in [-0.4, -0.2) is 0 Å². The smallest absolute Gasteiger partial charge is 0.0449 e. The maximum absolute atomic E-state index is 6.11. The molecule has 0 aromatic heterocycles. The van der Waals surface area contributed by atoms with Crippen LogP contribution in [0.1, 0.15) is 38.2 Å². The summed E-state index contributed by atoms with van der Waals surface area (Å²) in [5.74, 6) is 0. The van der Waals surface area contributed by atoms with Gasteiger partial charge in [-0.3, -0.25) is 0 Å². The Kier molecular flexibility index (Phi) is 5.57. The van der Waals surface area contributed by atoms with Crippen molar-refractivity contribution in [1.82, 2.24) is 0 Å². The summed E-state index contributed by atoms with van der Waals surface area (Å²) in [5.41, 5.74) is 1.27. The quantitative estimate of drug-likeness (QED) is 0.646. The number of hydrogen-bond donors (Lipinski definition) is 0. The van der Waals surface area contributed by atoms with E-state index in [0.29, 0.717) is 0 Å². The third-order valence-corrected chi connectivity index (χ3v) is 3.16. The van der Waals surface area contributed by atoms with Gasteiger partial charge in [-0.2, -0.15) is 0 Å². The number of aryl methyl sites for hydroxylation is 1. The maximum atomic E-state index is 6.11. The highest BCUT2D eigenvalue weighted by atomic mass is 79.9. The molecule has 0 aliphatic carbocycles. The van der Waals surface area contributed by atoms with Crippen molar-refractivity contribution in [2.45, 2.75) is 39.0 Å². The molecule has 0 fully saturated rings. The van der Waals surface area contributed by atoms with E-state index in [2.05, 4.69) is 35.0 Å². The van der Waals surface area contributed by atoms with Gasteiger partial charge in [0.2, 0.25) is 0 Å². The van der Waals surface area contributed by atoms with Crippen LogP contribution in [0, 0.1) is 0 Å². The highest BCUT2D eigenvalue weighted by molar-refractivity contribution is 9.10. The fraction of sp³-hybridized carbons (Fsp3) is 0.500. The van der Waals surface area contributed by atoms with Gasteiger partial charge < -0.3 is 0 Å². The molecule has 0 unspecified atom stereocenters. The largest absolute Gasteiger partial charge is 0.0840 e. The van der Waals surface area contributed by atoms with Gasteiger partial charge in [0.15, 0.2) is 0 Å². The lowest BCUT2D eigenvalue weighted by atomic mass is 10.1. The summed E-state index contributed by atoms with van der Waals surface area (Å²) in [6, 6.07) is 6.14. The van der Waals surface area contributed by atoms with Crippen molar-refractivity contribution < 1.29 is 0 Å². The van der Waals surface area contributed by atoms with E-state index in [1.165, 1.54) is 31.2 Å². The van der Waals surface area contributed by atoms with E-state index in [1.807, 2.05) is 6.07 Å². The number of halogens is 2. The minimum Gasteiger partial charge on any atom is -0.0840 e. The molecular weight excluding hydrogens is 259 g/mol. The van der Waals surface area contributed by atoms with Crippen molar-refractivity contribution in [2.75, 3.05) is 0 Å². The summed E-state index contributed by atoms with van der Waals surface area (Å²) < 4.78 is 1.06. The third-order valence-electron chi connectivity index (χ3n) is 2.31. The van der Waals surface area contributed by atoms with Crippen LogP contribution in [0.5, 0.6) is 0 Å². The molecule has 0 aliphatic heterocycles. The molecule has 0 nitrogen and oxygen atoms in total. The second-order valence-electron chi connectivity index (χ2n) is 3.55. The molecule has 1 rings (SSSR count). The monoisotopic (exact) mass is 274 g/mol. The van der Waals surface area contributed by atoms with Crippen LogP contribution in [0.15, 0.2) is 22.7 Å². The molecule has 0 atom stereocenters.